The number of benzene rings is 1. The van der Waals surface area contributed by atoms with Crippen molar-refractivity contribution in [2.75, 3.05) is 5.32 Å². The van der Waals surface area contributed by atoms with Crippen LogP contribution < -0.4 is 5.32 Å². The Hall–Kier alpha value is -3.41. The van der Waals surface area contributed by atoms with E-state index in [0.29, 0.717) is 17.3 Å². The molecular formula is C14H6F3N5O. The average molecular weight is 317 g/mol. The first kappa shape index (κ1) is 14.5. The van der Waals surface area contributed by atoms with Gasteiger partial charge in [0.25, 0.3) is 5.91 Å². The number of aromatic nitrogens is 3. The predicted octanol–water partition coefficient (Wildman–Crippen LogP) is 2.27. The van der Waals surface area contributed by atoms with Crippen LogP contribution in [0.4, 0.5) is 19.1 Å². The fraction of sp³-hybridized carbons (Fsp3) is 0. The first-order chi connectivity index (χ1) is 11.0. The molecule has 9 heteroatoms. The number of pyridine rings is 1. The quantitative estimate of drug-likeness (QED) is 0.735. The van der Waals surface area contributed by atoms with Gasteiger partial charge in [-0.05, 0) is 24.3 Å². The second kappa shape index (κ2) is 5.42. The molecule has 0 atom stereocenters. The van der Waals surface area contributed by atoms with Gasteiger partial charge in [0, 0.05) is 6.20 Å². The summed E-state index contributed by atoms with van der Waals surface area (Å²) in [6.45, 7) is 0. The maximum atomic E-state index is 13.6. The number of carbonyl (C=O) groups is 1. The lowest BCUT2D eigenvalue weighted by atomic mass is 10.2. The first-order valence-electron chi connectivity index (χ1n) is 6.21. The summed E-state index contributed by atoms with van der Waals surface area (Å²) in [5.41, 5.74) is -0.0162. The molecule has 0 saturated carbocycles. The zero-order chi connectivity index (χ0) is 16.6. The van der Waals surface area contributed by atoms with Crippen molar-refractivity contribution in [2.24, 2.45) is 0 Å². The minimum atomic E-state index is -1.74. The van der Waals surface area contributed by atoms with Crippen LogP contribution in [0.5, 0.6) is 0 Å². The predicted molar refractivity (Wildman–Crippen MR) is 72.0 cm³/mol. The molecule has 0 bridgehead atoms. The Morgan fingerprint density at radius 1 is 1.17 bits per heavy atom. The van der Waals surface area contributed by atoms with Crippen molar-refractivity contribution in [3.8, 4) is 6.07 Å². The SMILES string of the molecule is N#Cc1ccc2nc(NC(=O)c3ccc(F)c(F)c3F)nn2c1. The summed E-state index contributed by atoms with van der Waals surface area (Å²) in [6.07, 6.45) is 1.39. The summed E-state index contributed by atoms with van der Waals surface area (Å²) < 4.78 is 40.8. The third kappa shape index (κ3) is 2.57. The van der Waals surface area contributed by atoms with Crippen LogP contribution in [-0.2, 0) is 0 Å². The zero-order valence-corrected chi connectivity index (χ0v) is 11.2. The van der Waals surface area contributed by atoms with Gasteiger partial charge in [0.15, 0.2) is 23.1 Å². The lowest BCUT2D eigenvalue weighted by Crippen LogP contribution is -2.16. The van der Waals surface area contributed by atoms with Crippen molar-refractivity contribution >= 4 is 17.5 Å². The van der Waals surface area contributed by atoms with Gasteiger partial charge in [-0.1, -0.05) is 0 Å². The van der Waals surface area contributed by atoms with E-state index < -0.39 is 28.9 Å². The van der Waals surface area contributed by atoms with Crippen LogP contribution in [0.25, 0.3) is 5.65 Å². The van der Waals surface area contributed by atoms with Crippen LogP contribution in [0, 0.1) is 28.8 Å². The van der Waals surface area contributed by atoms with Crippen molar-refractivity contribution in [3.63, 3.8) is 0 Å². The number of nitrogens with one attached hydrogen (secondary N) is 1. The largest absolute Gasteiger partial charge is 0.289 e. The Labute approximate surface area is 126 Å². The summed E-state index contributed by atoms with van der Waals surface area (Å²) in [7, 11) is 0. The highest BCUT2D eigenvalue weighted by Gasteiger charge is 2.20. The van der Waals surface area contributed by atoms with E-state index >= 15 is 0 Å². The van der Waals surface area contributed by atoms with E-state index in [1.165, 1.54) is 22.8 Å². The summed E-state index contributed by atoms with van der Waals surface area (Å²) in [5.74, 6) is -5.93. The van der Waals surface area contributed by atoms with Gasteiger partial charge in [0.2, 0.25) is 5.95 Å². The second-order valence-corrected chi connectivity index (χ2v) is 4.44. The molecule has 2 heterocycles. The van der Waals surface area contributed by atoms with Gasteiger partial charge in [-0.15, -0.1) is 5.10 Å². The minimum Gasteiger partial charge on any atom is -0.289 e. The van der Waals surface area contributed by atoms with E-state index in [2.05, 4.69) is 15.4 Å². The van der Waals surface area contributed by atoms with E-state index in [-0.39, 0.29) is 5.95 Å². The lowest BCUT2D eigenvalue weighted by molar-refractivity contribution is 0.102. The van der Waals surface area contributed by atoms with Gasteiger partial charge in [-0.2, -0.15) is 10.2 Å². The maximum absolute atomic E-state index is 13.6. The molecular weight excluding hydrogens is 311 g/mol. The Balaban J connectivity index is 1.91. The van der Waals surface area contributed by atoms with Gasteiger partial charge in [-0.25, -0.2) is 17.7 Å². The molecule has 1 amide bonds. The molecule has 3 rings (SSSR count). The Bertz CT molecular complexity index is 976. The fourth-order valence-electron chi connectivity index (χ4n) is 1.87. The highest BCUT2D eigenvalue weighted by atomic mass is 19.2. The van der Waals surface area contributed by atoms with Gasteiger partial charge in [0.1, 0.15) is 6.07 Å². The van der Waals surface area contributed by atoms with Crippen molar-refractivity contribution in [3.05, 3.63) is 59.0 Å². The molecule has 0 fully saturated rings. The maximum Gasteiger partial charge on any atom is 0.261 e. The van der Waals surface area contributed by atoms with E-state index in [0.717, 1.165) is 6.07 Å². The van der Waals surface area contributed by atoms with Crippen molar-refractivity contribution < 1.29 is 18.0 Å². The number of amides is 1. The van der Waals surface area contributed by atoms with Gasteiger partial charge >= 0.3 is 0 Å². The number of rotatable bonds is 2. The Kier molecular flexibility index (Phi) is 3.42. The van der Waals surface area contributed by atoms with Gasteiger partial charge in [0.05, 0.1) is 11.1 Å². The number of hydrogen-bond acceptors (Lipinski definition) is 4. The number of nitriles is 1. The smallest absolute Gasteiger partial charge is 0.261 e. The topological polar surface area (TPSA) is 83.1 Å². The van der Waals surface area contributed by atoms with Gasteiger partial charge < -0.3 is 0 Å². The van der Waals surface area contributed by atoms with Crippen molar-refractivity contribution in [2.45, 2.75) is 0 Å². The molecule has 0 aliphatic rings. The van der Waals surface area contributed by atoms with Gasteiger partial charge in [-0.3, -0.25) is 10.1 Å². The molecule has 0 aliphatic carbocycles. The molecule has 0 aliphatic heterocycles. The number of anilines is 1. The zero-order valence-electron chi connectivity index (χ0n) is 11.2. The molecule has 0 spiro atoms. The highest BCUT2D eigenvalue weighted by molar-refractivity contribution is 6.03. The molecule has 0 radical (unpaired) electrons. The fourth-order valence-corrected chi connectivity index (χ4v) is 1.87. The summed E-state index contributed by atoms with van der Waals surface area (Å²) in [5, 5.41) is 14.9. The van der Waals surface area contributed by atoms with Crippen molar-refractivity contribution in [1.29, 1.82) is 5.26 Å². The number of fused-ring (bicyclic) bond motifs is 1. The Morgan fingerprint density at radius 3 is 2.70 bits per heavy atom. The molecule has 0 saturated heterocycles. The highest BCUT2D eigenvalue weighted by Crippen LogP contribution is 2.16. The standard InChI is InChI=1S/C14H6F3N5O/c15-9-3-2-8(11(16)12(9)17)13(23)20-14-19-10-4-1-7(5-18)6-22(10)21-14/h1-4,6H,(H,20,21,23). The molecule has 2 aromatic heterocycles. The first-order valence-corrected chi connectivity index (χ1v) is 6.21. The average Bonchev–Trinajstić information content (AvgIpc) is 2.93. The number of halogens is 3. The summed E-state index contributed by atoms with van der Waals surface area (Å²) in [4.78, 5) is 15.9. The van der Waals surface area contributed by atoms with Crippen LogP contribution >= 0.6 is 0 Å². The third-order valence-corrected chi connectivity index (χ3v) is 2.97. The van der Waals surface area contributed by atoms with E-state index in [4.69, 9.17) is 5.26 Å². The van der Waals surface area contributed by atoms with Crippen molar-refractivity contribution in [1.82, 2.24) is 14.6 Å². The molecule has 0 unspecified atom stereocenters. The van der Waals surface area contributed by atoms with E-state index in [9.17, 15) is 18.0 Å². The molecule has 114 valence electrons. The third-order valence-electron chi connectivity index (χ3n) is 2.97. The lowest BCUT2D eigenvalue weighted by Gasteiger charge is -2.03. The summed E-state index contributed by atoms with van der Waals surface area (Å²) in [6, 6.07) is 6.37. The molecule has 3 aromatic rings. The number of hydrogen-bond donors (Lipinski definition) is 1. The van der Waals surface area contributed by atoms with Crippen LogP contribution in [0.2, 0.25) is 0 Å². The molecule has 23 heavy (non-hydrogen) atoms. The normalized spacial score (nSPS) is 10.5. The van der Waals surface area contributed by atoms with E-state index in [1.807, 2.05) is 6.07 Å². The van der Waals surface area contributed by atoms with Crippen LogP contribution in [0.15, 0.2) is 30.5 Å². The van der Waals surface area contributed by atoms with E-state index in [1.54, 1.807) is 0 Å². The Morgan fingerprint density at radius 2 is 1.96 bits per heavy atom. The number of nitrogens with zero attached hydrogens (tertiary/aromatic N) is 4. The molecule has 6 nitrogen and oxygen atoms in total. The number of carbonyl (C=O) groups excluding carboxylic acids is 1. The van der Waals surface area contributed by atoms with Crippen LogP contribution in [-0.4, -0.2) is 20.5 Å². The minimum absolute atomic E-state index is 0.172. The molecule has 1 aromatic carbocycles. The van der Waals surface area contributed by atoms with Crippen LogP contribution in [0.1, 0.15) is 15.9 Å². The summed E-state index contributed by atoms with van der Waals surface area (Å²) >= 11 is 0. The van der Waals surface area contributed by atoms with Crippen LogP contribution in [0.3, 0.4) is 0 Å². The second-order valence-electron chi connectivity index (χ2n) is 4.44. The molecule has 1 N–H and O–H groups in total. The monoisotopic (exact) mass is 317 g/mol.